The Labute approximate surface area is 137 Å². The lowest BCUT2D eigenvalue weighted by Gasteiger charge is -1.98. The number of nitrogens with zero attached hydrogens (tertiary/aromatic N) is 2. The first kappa shape index (κ1) is 15.6. The van der Waals surface area contributed by atoms with E-state index in [-0.39, 0.29) is 23.2 Å². The monoisotopic (exact) mass is 324 g/mol. The smallest absolute Gasteiger partial charge is 0.224 e. The maximum absolute atomic E-state index is 12.9. The predicted octanol–water partition coefficient (Wildman–Crippen LogP) is 3.58. The number of aliphatic hydroxyl groups excluding tert-OH is 1. The van der Waals surface area contributed by atoms with Gasteiger partial charge in [-0.05, 0) is 35.9 Å². The molecule has 0 spiro atoms. The Balaban J connectivity index is 1.73. The van der Waals surface area contributed by atoms with Crippen LogP contribution in [0.4, 0.5) is 4.39 Å². The van der Waals surface area contributed by atoms with E-state index < -0.39 is 5.78 Å². The summed E-state index contributed by atoms with van der Waals surface area (Å²) in [7, 11) is 0. The first-order valence-electron chi connectivity index (χ1n) is 7.17. The van der Waals surface area contributed by atoms with Crippen molar-refractivity contribution in [3.8, 4) is 0 Å². The summed E-state index contributed by atoms with van der Waals surface area (Å²) >= 11 is 0. The molecule has 6 heteroatoms. The molecule has 3 rings (SSSR count). The van der Waals surface area contributed by atoms with Gasteiger partial charge in [0, 0.05) is 24.9 Å². The van der Waals surface area contributed by atoms with Crippen LogP contribution in [-0.2, 0) is 6.42 Å². The Hall–Kier alpha value is -3.28. The highest BCUT2D eigenvalue weighted by Gasteiger charge is 2.12. The number of hydrogen-bond acceptors (Lipinski definition) is 5. The van der Waals surface area contributed by atoms with Gasteiger partial charge in [0.25, 0.3) is 0 Å². The van der Waals surface area contributed by atoms with E-state index in [1.165, 1.54) is 30.6 Å². The molecule has 1 aromatic carbocycles. The van der Waals surface area contributed by atoms with E-state index in [0.717, 1.165) is 11.6 Å². The SMILES string of the molecule is O=C(/C=C(\O)c1ncccn1)c1ccc(Cc2ccc(F)cc2)o1. The number of hydrogen-bond donors (Lipinski definition) is 1. The normalized spacial score (nSPS) is 11.5. The quantitative estimate of drug-likeness (QED) is 0.441. The number of aliphatic hydroxyl groups is 1. The highest BCUT2D eigenvalue weighted by Crippen LogP contribution is 2.16. The summed E-state index contributed by atoms with van der Waals surface area (Å²) in [5.74, 6) is -0.424. The summed E-state index contributed by atoms with van der Waals surface area (Å²) < 4.78 is 18.4. The molecule has 0 bridgehead atoms. The van der Waals surface area contributed by atoms with Gasteiger partial charge >= 0.3 is 0 Å². The van der Waals surface area contributed by atoms with E-state index in [2.05, 4.69) is 9.97 Å². The largest absolute Gasteiger partial charge is 0.504 e. The fraction of sp³-hybridized carbons (Fsp3) is 0.0556. The Morgan fingerprint density at radius 2 is 1.83 bits per heavy atom. The molecule has 2 heterocycles. The number of allylic oxidation sites excluding steroid dienone is 1. The zero-order valence-electron chi connectivity index (χ0n) is 12.5. The lowest BCUT2D eigenvalue weighted by atomic mass is 10.1. The molecule has 0 aliphatic heterocycles. The number of aromatic nitrogens is 2. The third kappa shape index (κ3) is 3.73. The first-order valence-corrected chi connectivity index (χ1v) is 7.17. The van der Waals surface area contributed by atoms with Crippen LogP contribution in [0.2, 0.25) is 0 Å². The Bertz CT molecular complexity index is 871. The van der Waals surface area contributed by atoms with Gasteiger partial charge in [-0.2, -0.15) is 0 Å². The van der Waals surface area contributed by atoms with Crippen molar-refractivity contribution in [3.05, 3.63) is 89.7 Å². The van der Waals surface area contributed by atoms with Gasteiger partial charge in [0.15, 0.2) is 17.3 Å². The van der Waals surface area contributed by atoms with Crippen LogP contribution in [-0.4, -0.2) is 20.9 Å². The molecule has 24 heavy (non-hydrogen) atoms. The van der Waals surface area contributed by atoms with Crippen molar-refractivity contribution in [2.75, 3.05) is 0 Å². The molecule has 5 nitrogen and oxygen atoms in total. The second-order valence-electron chi connectivity index (χ2n) is 5.04. The number of carbonyl (C=O) groups is 1. The molecule has 0 atom stereocenters. The standard InChI is InChI=1S/C18H13FN2O3/c19-13-4-2-12(3-5-13)10-14-6-7-17(24-14)15(22)11-16(23)18-20-8-1-9-21-18/h1-9,11,23H,10H2/b16-11-. The maximum atomic E-state index is 12.9. The third-order valence-electron chi connectivity index (χ3n) is 3.26. The lowest BCUT2D eigenvalue weighted by molar-refractivity contribution is 0.101. The van der Waals surface area contributed by atoms with Gasteiger partial charge in [-0.3, -0.25) is 4.79 Å². The first-order chi connectivity index (χ1) is 11.6. The van der Waals surface area contributed by atoms with Crippen molar-refractivity contribution >= 4 is 11.5 Å². The number of carbonyl (C=O) groups excluding carboxylic acids is 1. The van der Waals surface area contributed by atoms with Crippen LogP contribution < -0.4 is 0 Å². The van der Waals surface area contributed by atoms with Crippen molar-refractivity contribution in [1.29, 1.82) is 0 Å². The van der Waals surface area contributed by atoms with Gasteiger partial charge in [-0.15, -0.1) is 0 Å². The molecule has 120 valence electrons. The van der Waals surface area contributed by atoms with E-state index in [1.807, 2.05) is 0 Å². The van der Waals surface area contributed by atoms with E-state index in [4.69, 9.17) is 4.42 Å². The van der Waals surface area contributed by atoms with Crippen LogP contribution >= 0.6 is 0 Å². The van der Waals surface area contributed by atoms with Gasteiger partial charge in [0.05, 0.1) is 0 Å². The van der Waals surface area contributed by atoms with Crippen molar-refractivity contribution in [1.82, 2.24) is 9.97 Å². The molecule has 0 saturated heterocycles. The van der Waals surface area contributed by atoms with Gasteiger partial charge < -0.3 is 9.52 Å². The van der Waals surface area contributed by atoms with Crippen molar-refractivity contribution in [3.63, 3.8) is 0 Å². The van der Waals surface area contributed by atoms with Gasteiger partial charge in [0.2, 0.25) is 5.78 Å². The Morgan fingerprint density at radius 1 is 1.12 bits per heavy atom. The molecule has 0 aliphatic carbocycles. The molecule has 0 aliphatic rings. The van der Waals surface area contributed by atoms with Crippen molar-refractivity contribution < 1.29 is 18.7 Å². The molecule has 1 N–H and O–H groups in total. The molecule has 0 amide bonds. The van der Waals surface area contributed by atoms with Crippen LogP contribution in [0.1, 0.15) is 27.7 Å². The average Bonchev–Trinajstić information content (AvgIpc) is 3.06. The van der Waals surface area contributed by atoms with E-state index >= 15 is 0 Å². The minimum absolute atomic E-state index is 0.0592. The second-order valence-corrected chi connectivity index (χ2v) is 5.04. The van der Waals surface area contributed by atoms with Crippen LogP contribution in [0.25, 0.3) is 5.76 Å². The molecular formula is C18H13FN2O3. The van der Waals surface area contributed by atoms with E-state index in [9.17, 15) is 14.3 Å². The van der Waals surface area contributed by atoms with E-state index in [0.29, 0.717) is 12.2 Å². The summed E-state index contributed by atoms with van der Waals surface area (Å²) in [5, 5.41) is 9.86. The highest BCUT2D eigenvalue weighted by atomic mass is 19.1. The number of furan rings is 1. The van der Waals surface area contributed by atoms with Crippen molar-refractivity contribution in [2.45, 2.75) is 6.42 Å². The van der Waals surface area contributed by atoms with E-state index in [1.54, 1.807) is 24.3 Å². The highest BCUT2D eigenvalue weighted by molar-refractivity contribution is 6.05. The summed E-state index contributed by atoms with van der Waals surface area (Å²) in [4.78, 5) is 19.8. The molecule has 0 radical (unpaired) electrons. The molecular weight excluding hydrogens is 311 g/mol. The second kappa shape index (κ2) is 6.87. The zero-order chi connectivity index (χ0) is 16.9. The minimum Gasteiger partial charge on any atom is -0.504 e. The molecule has 2 aromatic heterocycles. The number of ketones is 1. The number of benzene rings is 1. The van der Waals surface area contributed by atoms with Crippen molar-refractivity contribution in [2.24, 2.45) is 0 Å². The molecule has 0 saturated carbocycles. The predicted molar refractivity (Wildman–Crippen MR) is 84.9 cm³/mol. The lowest BCUT2D eigenvalue weighted by Crippen LogP contribution is -1.97. The topological polar surface area (TPSA) is 76.2 Å². The van der Waals surface area contributed by atoms with Crippen LogP contribution in [0.3, 0.4) is 0 Å². The van der Waals surface area contributed by atoms with Gasteiger partial charge in [-0.25, -0.2) is 14.4 Å². The Kier molecular flexibility index (Phi) is 4.47. The summed E-state index contributed by atoms with van der Waals surface area (Å²) in [6.45, 7) is 0. The maximum Gasteiger partial charge on any atom is 0.224 e. The van der Waals surface area contributed by atoms with Gasteiger partial charge in [0.1, 0.15) is 11.6 Å². The zero-order valence-corrected chi connectivity index (χ0v) is 12.5. The van der Waals surface area contributed by atoms with Gasteiger partial charge in [-0.1, -0.05) is 12.1 Å². The molecule has 0 unspecified atom stereocenters. The summed E-state index contributed by atoms with van der Waals surface area (Å²) in [6.07, 6.45) is 4.37. The average molecular weight is 324 g/mol. The summed E-state index contributed by atoms with van der Waals surface area (Å²) in [5.41, 5.74) is 0.862. The Morgan fingerprint density at radius 3 is 2.54 bits per heavy atom. The third-order valence-corrected chi connectivity index (χ3v) is 3.26. The molecule has 3 aromatic rings. The number of halogens is 1. The van der Waals surface area contributed by atoms with Crippen LogP contribution in [0, 0.1) is 5.82 Å². The van der Waals surface area contributed by atoms with Crippen LogP contribution in [0.15, 0.2) is 65.4 Å². The molecule has 0 fully saturated rings. The fourth-order valence-corrected chi connectivity index (χ4v) is 2.10. The minimum atomic E-state index is -0.495. The number of rotatable bonds is 5. The summed E-state index contributed by atoms with van der Waals surface area (Å²) in [6, 6.07) is 10.8. The fourth-order valence-electron chi connectivity index (χ4n) is 2.10. The van der Waals surface area contributed by atoms with Crippen LogP contribution in [0.5, 0.6) is 0 Å².